The maximum atomic E-state index is 12.0. The van der Waals surface area contributed by atoms with Crippen molar-refractivity contribution in [1.82, 2.24) is 25.0 Å². The number of aromatic amines is 1. The Bertz CT molecular complexity index is 885. The molecule has 0 fully saturated rings. The summed E-state index contributed by atoms with van der Waals surface area (Å²) in [4.78, 5) is 25.6. The van der Waals surface area contributed by atoms with E-state index in [1.54, 1.807) is 25.5 Å². The molecule has 0 bridgehead atoms. The van der Waals surface area contributed by atoms with Gasteiger partial charge in [0.25, 0.3) is 0 Å². The minimum absolute atomic E-state index is 0.0786. The fourth-order valence-electron chi connectivity index (χ4n) is 2.46. The second-order valence-electron chi connectivity index (χ2n) is 5.82. The number of H-pyrrole nitrogens is 1. The highest BCUT2D eigenvalue weighted by atomic mass is 16.5. The number of hydrogen-bond donors (Lipinski definition) is 1. The van der Waals surface area contributed by atoms with Crippen LogP contribution in [0.5, 0.6) is 0 Å². The van der Waals surface area contributed by atoms with Gasteiger partial charge in [-0.2, -0.15) is 4.98 Å². The highest BCUT2D eigenvalue weighted by Crippen LogP contribution is 2.15. The summed E-state index contributed by atoms with van der Waals surface area (Å²) in [5.74, 6) is 1.07. The van der Waals surface area contributed by atoms with E-state index >= 15 is 0 Å². The average molecular weight is 325 g/mol. The van der Waals surface area contributed by atoms with Crippen molar-refractivity contribution in [3.05, 3.63) is 63.7 Å². The number of nitrogens with one attached hydrogen (secondary N) is 1. The molecule has 0 radical (unpaired) electrons. The van der Waals surface area contributed by atoms with Gasteiger partial charge in [0, 0.05) is 47.5 Å². The Kier molecular flexibility index (Phi) is 4.52. The van der Waals surface area contributed by atoms with Crippen molar-refractivity contribution >= 4 is 0 Å². The molecule has 0 aliphatic heterocycles. The van der Waals surface area contributed by atoms with Crippen LogP contribution in [0.2, 0.25) is 0 Å². The summed E-state index contributed by atoms with van der Waals surface area (Å²) in [6.07, 6.45) is 5.12. The monoisotopic (exact) mass is 325 g/mol. The first kappa shape index (κ1) is 16.1. The first-order chi connectivity index (χ1) is 11.5. The van der Waals surface area contributed by atoms with Gasteiger partial charge in [-0.1, -0.05) is 5.16 Å². The zero-order valence-electron chi connectivity index (χ0n) is 13.9. The van der Waals surface area contributed by atoms with Crippen LogP contribution in [-0.2, 0) is 13.1 Å². The summed E-state index contributed by atoms with van der Waals surface area (Å²) in [7, 11) is 1.94. The van der Waals surface area contributed by atoms with E-state index in [9.17, 15) is 4.79 Å². The van der Waals surface area contributed by atoms with E-state index in [0.717, 1.165) is 22.4 Å². The minimum atomic E-state index is 0.0786. The van der Waals surface area contributed by atoms with E-state index in [0.29, 0.717) is 24.8 Å². The fraction of sp³-hybridized carbons (Fsp3) is 0.294. The van der Waals surface area contributed by atoms with Crippen LogP contribution in [0, 0.1) is 13.8 Å². The quantitative estimate of drug-likeness (QED) is 0.772. The Balaban J connectivity index is 1.70. The molecule has 0 amide bonds. The minimum Gasteiger partial charge on any atom is -0.363 e. The average Bonchev–Trinajstić information content (AvgIpc) is 3.04. The van der Waals surface area contributed by atoms with E-state index in [1.165, 1.54) is 0 Å². The smallest absolute Gasteiger partial charge is 0.241 e. The SMILES string of the molecule is Cc1c[nH]c(CN(C)Cc2nc(-c3ccncc3)no2)c(C)c1=O. The molecule has 3 aromatic rings. The molecule has 3 heterocycles. The Morgan fingerprint density at radius 2 is 1.96 bits per heavy atom. The molecule has 3 aromatic heterocycles. The molecule has 7 heteroatoms. The summed E-state index contributed by atoms with van der Waals surface area (Å²) in [6, 6.07) is 3.66. The molecule has 0 aromatic carbocycles. The molecule has 124 valence electrons. The third-order valence-corrected chi connectivity index (χ3v) is 3.85. The van der Waals surface area contributed by atoms with E-state index in [1.807, 2.05) is 31.0 Å². The number of nitrogens with zero attached hydrogens (tertiary/aromatic N) is 4. The molecule has 0 saturated heterocycles. The molecular formula is C17H19N5O2. The maximum Gasteiger partial charge on any atom is 0.241 e. The van der Waals surface area contributed by atoms with Gasteiger partial charge < -0.3 is 9.51 Å². The number of aromatic nitrogens is 4. The highest BCUT2D eigenvalue weighted by molar-refractivity contribution is 5.52. The Hall–Kier alpha value is -2.80. The van der Waals surface area contributed by atoms with Crippen molar-refractivity contribution in [3.63, 3.8) is 0 Å². The van der Waals surface area contributed by atoms with E-state index in [2.05, 4.69) is 20.1 Å². The Labute approximate surface area is 139 Å². The summed E-state index contributed by atoms with van der Waals surface area (Å²) < 4.78 is 5.31. The molecule has 0 atom stereocenters. The van der Waals surface area contributed by atoms with Gasteiger partial charge in [0.2, 0.25) is 11.7 Å². The highest BCUT2D eigenvalue weighted by Gasteiger charge is 2.13. The standard InChI is InChI=1S/C17H19N5O2/c1-11-8-19-14(12(2)16(11)23)9-22(3)10-15-20-17(21-24-15)13-4-6-18-7-5-13/h4-8H,9-10H2,1-3H3,(H,19,23). The van der Waals surface area contributed by atoms with E-state index < -0.39 is 0 Å². The van der Waals surface area contributed by atoms with Crippen LogP contribution in [0.15, 0.2) is 40.0 Å². The summed E-state index contributed by atoms with van der Waals surface area (Å²) in [6.45, 7) is 4.73. The van der Waals surface area contributed by atoms with Gasteiger partial charge >= 0.3 is 0 Å². The molecule has 0 unspecified atom stereocenters. The van der Waals surface area contributed by atoms with E-state index in [4.69, 9.17) is 4.52 Å². The number of rotatable bonds is 5. The summed E-state index contributed by atoms with van der Waals surface area (Å²) in [5.41, 5.74) is 3.29. The van der Waals surface area contributed by atoms with Gasteiger partial charge in [-0.15, -0.1) is 0 Å². The molecule has 24 heavy (non-hydrogen) atoms. The molecule has 0 saturated carbocycles. The third-order valence-electron chi connectivity index (χ3n) is 3.85. The third kappa shape index (κ3) is 3.41. The van der Waals surface area contributed by atoms with E-state index in [-0.39, 0.29) is 5.43 Å². The lowest BCUT2D eigenvalue weighted by Gasteiger charge is -2.15. The lowest BCUT2D eigenvalue weighted by molar-refractivity contribution is 0.258. The van der Waals surface area contributed by atoms with Gasteiger partial charge in [0.1, 0.15) is 0 Å². The van der Waals surface area contributed by atoms with Gasteiger partial charge in [-0.25, -0.2) is 0 Å². The first-order valence-corrected chi connectivity index (χ1v) is 7.64. The maximum absolute atomic E-state index is 12.0. The van der Waals surface area contributed by atoms with Crippen molar-refractivity contribution in [3.8, 4) is 11.4 Å². The number of hydrogen-bond acceptors (Lipinski definition) is 6. The number of pyridine rings is 2. The Morgan fingerprint density at radius 1 is 1.21 bits per heavy atom. The van der Waals surface area contributed by atoms with Gasteiger partial charge in [-0.3, -0.25) is 14.7 Å². The molecule has 0 aliphatic carbocycles. The number of aryl methyl sites for hydroxylation is 1. The Morgan fingerprint density at radius 3 is 2.71 bits per heavy atom. The largest absolute Gasteiger partial charge is 0.363 e. The molecule has 7 nitrogen and oxygen atoms in total. The zero-order valence-corrected chi connectivity index (χ0v) is 13.9. The van der Waals surface area contributed by atoms with Crippen LogP contribution >= 0.6 is 0 Å². The van der Waals surface area contributed by atoms with Crippen molar-refractivity contribution in [1.29, 1.82) is 0 Å². The molecule has 1 N–H and O–H groups in total. The second-order valence-corrected chi connectivity index (χ2v) is 5.82. The molecule has 0 aliphatic rings. The predicted octanol–water partition coefficient (Wildman–Crippen LogP) is 2.07. The van der Waals surface area contributed by atoms with Gasteiger partial charge in [0.15, 0.2) is 5.43 Å². The molecular weight excluding hydrogens is 306 g/mol. The second kappa shape index (κ2) is 6.76. The van der Waals surface area contributed by atoms with Crippen LogP contribution in [0.4, 0.5) is 0 Å². The van der Waals surface area contributed by atoms with Crippen molar-refractivity contribution in [2.24, 2.45) is 0 Å². The van der Waals surface area contributed by atoms with Gasteiger partial charge in [0.05, 0.1) is 6.54 Å². The normalized spacial score (nSPS) is 11.2. The van der Waals surface area contributed by atoms with Crippen LogP contribution in [-0.4, -0.2) is 32.1 Å². The molecule has 0 spiro atoms. The molecule has 3 rings (SSSR count). The summed E-state index contributed by atoms with van der Waals surface area (Å²) >= 11 is 0. The predicted molar refractivity (Wildman–Crippen MR) is 89.2 cm³/mol. The lowest BCUT2D eigenvalue weighted by atomic mass is 10.1. The topological polar surface area (TPSA) is 87.9 Å². The summed E-state index contributed by atoms with van der Waals surface area (Å²) in [5, 5.41) is 3.99. The fourth-order valence-corrected chi connectivity index (χ4v) is 2.46. The van der Waals surface area contributed by atoms with Crippen LogP contribution in [0.3, 0.4) is 0 Å². The van der Waals surface area contributed by atoms with Gasteiger partial charge in [-0.05, 0) is 33.0 Å². The van der Waals surface area contributed by atoms with Crippen molar-refractivity contribution in [2.45, 2.75) is 26.9 Å². The van der Waals surface area contributed by atoms with Crippen molar-refractivity contribution in [2.75, 3.05) is 7.05 Å². The first-order valence-electron chi connectivity index (χ1n) is 7.64. The lowest BCUT2D eigenvalue weighted by Crippen LogP contribution is -2.22. The van der Waals surface area contributed by atoms with Crippen molar-refractivity contribution < 1.29 is 4.52 Å². The van der Waals surface area contributed by atoms with Crippen LogP contribution in [0.25, 0.3) is 11.4 Å². The van der Waals surface area contributed by atoms with Crippen LogP contribution in [0.1, 0.15) is 22.7 Å². The van der Waals surface area contributed by atoms with Crippen LogP contribution < -0.4 is 5.43 Å². The zero-order chi connectivity index (χ0) is 17.1.